The van der Waals surface area contributed by atoms with Crippen LogP contribution in [0.25, 0.3) is 0 Å². The number of esters is 1. The average Bonchev–Trinajstić information content (AvgIpc) is 3.03. The summed E-state index contributed by atoms with van der Waals surface area (Å²) in [5, 5.41) is 4.71. The van der Waals surface area contributed by atoms with E-state index in [2.05, 4.69) is 9.84 Å². The van der Waals surface area contributed by atoms with Gasteiger partial charge in [-0.15, -0.1) is 0 Å². The number of halogens is 3. The summed E-state index contributed by atoms with van der Waals surface area (Å²) >= 11 is 0. The van der Waals surface area contributed by atoms with Gasteiger partial charge in [-0.3, -0.25) is 0 Å². The lowest BCUT2D eigenvalue weighted by Crippen LogP contribution is -2.43. The van der Waals surface area contributed by atoms with Gasteiger partial charge < -0.3 is 9.64 Å². The van der Waals surface area contributed by atoms with Crippen LogP contribution in [0.5, 0.6) is 0 Å². The summed E-state index contributed by atoms with van der Waals surface area (Å²) in [6, 6.07) is 0.693. The molecule has 9 heteroatoms. The Hall–Kier alpha value is -2.19. The molecule has 0 radical (unpaired) electrons. The molecule has 1 aliphatic rings. The van der Waals surface area contributed by atoms with Crippen LogP contribution in [0.3, 0.4) is 0 Å². The van der Waals surface area contributed by atoms with E-state index in [0.717, 1.165) is 16.0 Å². The van der Waals surface area contributed by atoms with Gasteiger partial charge >= 0.3 is 12.1 Å². The molecule has 0 aliphatic carbocycles. The van der Waals surface area contributed by atoms with E-state index in [4.69, 9.17) is 0 Å². The highest BCUT2D eigenvalue weighted by atomic mass is 19.4. The number of methoxy groups -OCH3 is 1. The molecule has 110 valence electrons. The van der Waals surface area contributed by atoms with Crippen molar-refractivity contribution < 1.29 is 22.7 Å². The molecule has 1 aromatic heterocycles. The smallest absolute Gasteiger partial charge is 0.434 e. The number of carbonyl (C=O) groups is 1. The Morgan fingerprint density at radius 3 is 2.70 bits per heavy atom. The first-order chi connectivity index (χ1) is 9.34. The SMILES string of the molecule is COC(=O)[C@H](C)N1C=C(C(F)(F)F)N(n2cccn2)C1. The molecule has 0 saturated carbocycles. The highest BCUT2D eigenvalue weighted by Gasteiger charge is 2.44. The van der Waals surface area contributed by atoms with Gasteiger partial charge in [-0.05, 0) is 13.0 Å². The van der Waals surface area contributed by atoms with E-state index in [1.54, 1.807) is 0 Å². The number of nitrogens with zero attached hydrogens (tertiary/aromatic N) is 4. The predicted molar refractivity (Wildman–Crippen MR) is 62.8 cm³/mol. The molecule has 1 atom stereocenters. The summed E-state index contributed by atoms with van der Waals surface area (Å²) in [5.41, 5.74) is -0.892. The van der Waals surface area contributed by atoms with Crippen LogP contribution >= 0.6 is 0 Å². The Bertz CT molecular complexity index is 512. The van der Waals surface area contributed by atoms with E-state index < -0.39 is 23.9 Å². The average molecular weight is 290 g/mol. The Morgan fingerprint density at radius 1 is 1.50 bits per heavy atom. The van der Waals surface area contributed by atoms with E-state index in [1.807, 2.05) is 0 Å². The van der Waals surface area contributed by atoms with Gasteiger partial charge in [0.05, 0.1) is 13.3 Å². The van der Waals surface area contributed by atoms with Gasteiger partial charge in [0.15, 0.2) is 5.70 Å². The van der Waals surface area contributed by atoms with Crippen LogP contribution in [0.15, 0.2) is 30.4 Å². The third-order valence-corrected chi connectivity index (χ3v) is 2.93. The molecule has 0 N–H and O–H groups in total. The van der Waals surface area contributed by atoms with Crippen LogP contribution in [-0.2, 0) is 9.53 Å². The molecule has 0 saturated heterocycles. The highest BCUT2D eigenvalue weighted by molar-refractivity contribution is 5.75. The van der Waals surface area contributed by atoms with Gasteiger partial charge in [-0.25, -0.2) is 9.80 Å². The number of hydrogen-bond acceptors (Lipinski definition) is 5. The summed E-state index contributed by atoms with van der Waals surface area (Å²) < 4.78 is 43.6. The Balaban J connectivity index is 2.29. The third kappa shape index (κ3) is 2.56. The minimum atomic E-state index is -4.55. The monoisotopic (exact) mass is 290 g/mol. The zero-order valence-electron chi connectivity index (χ0n) is 10.8. The normalized spacial score (nSPS) is 17.1. The highest BCUT2D eigenvalue weighted by Crippen LogP contribution is 2.32. The Morgan fingerprint density at radius 2 is 2.20 bits per heavy atom. The van der Waals surface area contributed by atoms with Crippen LogP contribution in [0.4, 0.5) is 13.2 Å². The van der Waals surface area contributed by atoms with Gasteiger partial charge in [-0.2, -0.15) is 23.1 Å². The second-order valence-electron chi connectivity index (χ2n) is 4.19. The molecule has 2 heterocycles. The summed E-state index contributed by atoms with van der Waals surface area (Å²) in [7, 11) is 1.19. The maximum absolute atomic E-state index is 13.0. The maximum atomic E-state index is 13.0. The van der Waals surface area contributed by atoms with Crippen molar-refractivity contribution in [1.29, 1.82) is 0 Å². The van der Waals surface area contributed by atoms with Gasteiger partial charge in [0.25, 0.3) is 0 Å². The van der Waals surface area contributed by atoms with E-state index in [1.165, 1.54) is 37.4 Å². The number of allylic oxidation sites excluding steroid dienone is 1. The third-order valence-electron chi connectivity index (χ3n) is 2.93. The summed E-state index contributed by atoms with van der Waals surface area (Å²) in [6.07, 6.45) is -0.883. The quantitative estimate of drug-likeness (QED) is 0.779. The number of alkyl halides is 3. The van der Waals surface area contributed by atoms with Gasteiger partial charge in [0, 0.05) is 12.4 Å². The molecule has 1 aliphatic heterocycles. The van der Waals surface area contributed by atoms with E-state index in [0.29, 0.717) is 0 Å². The van der Waals surface area contributed by atoms with Crippen molar-refractivity contribution in [3.05, 3.63) is 30.4 Å². The van der Waals surface area contributed by atoms with Crippen molar-refractivity contribution in [2.75, 3.05) is 18.8 Å². The Labute approximate surface area is 113 Å². The molecule has 1 aromatic rings. The lowest BCUT2D eigenvalue weighted by atomic mass is 10.3. The molecule has 0 unspecified atom stereocenters. The van der Waals surface area contributed by atoms with Gasteiger partial charge in [0.1, 0.15) is 12.7 Å². The summed E-state index contributed by atoms with van der Waals surface area (Å²) in [5.74, 6) is -0.606. The molecule has 2 rings (SSSR count). The van der Waals surface area contributed by atoms with E-state index >= 15 is 0 Å². The lowest BCUT2D eigenvalue weighted by Gasteiger charge is -2.26. The van der Waals surface area contributed by atoms with Crippen LogP contribution in [0.2, 0.25) is 0 Å². The lowest BCUT2D eigenvalue weighted by molar-refractivity contribution is -0.145. The van der Waals surface area contributed by atoms with Gasteiger partial charge in [0.2, 0.25) is 0 Å². The minimum absolute atomic E-state index is 0.146. The number of hydrogen-bond donors (Lipinski definition) is 0. The maximum Gasteiger partial charge on any atom is 0.434 e. The first-order valence-electron chi connectivity index (χ1n) is 5.74. The van der Waals surface area contributed by atoms with Crippen molar-refractivity contribution >= 4 is 5.97 Å². The van der Waals surface area contributed by atoms with E-state index in [9.17, 15) is 18.0 Å². The molecular formula is C11H13F3N4O2. The predicted octanol–water partition coefficient (Wildman–Crippen LogP) is 1.06. The van der Waals surface area contributed by atoms with Crippen LogP contribution < -0.4 is 5.01 Å². The first-order valence-corrected chi connectivity index (χ1v) is 5.74. The van der Waals surface area contributed by atoms with Crippen molar-refractivity contribution in [2.24, 2.45) is 0 Å². The fraction of sp³-hybridized carbons (Fsp3) is 0.455. The topological polar surface area (TPSA) is 50.6 Å². The molecule has 0 spiro atoms. The number of aromatic nitrogens is 2. The van der Waals surface area contributed by atoms with Crippen molar-refractivity contribution in [3.8, 4) is 0 Å². The summed E-state index contributed by atoms with van der Waals surface area (Å²) in [4.78, 5) is 13.8. The zero-order chi connectivity index (χ0) is 14.9. The van der Waals surface area contributed by atoms with Crippen LogP contribution in [-0.4, -0.2) is 46.8 Å². The van der Waals surface area contributed by atoms with Crippen molar-refractivity contribution in [1.82, 2.24) is 14.8 Å². The van der Waals surface area contributed by atoms with Crippen molar-refractivity contribution in [2.45, 2.75) is 19.1 Å². The molecule has 20 heavy (non-hydrogen) atoms. The van der Waals surface area contributed by atoms with E-state index in [-0.39, 0.29) is 6.67 Å². The minimum Gasteiger partial charge on any atom is -0.467 e. The van der Waals surface area contributed by atoms with Crippen molar-refractivity contribution in [3.63, 3.8) is 0 Å². The van der Waals surface area contributed by atoms with Gasteiger partial charge in [-0.1, -0.05) is 0 Å². The Kier molecular flexibility index (Phi) is 3.60. The zero-order valence-corrected chi connectivity index (χ0v) is 10.8. The standard InChI is InChI=1S/C11H13F3N4O2/c1-8(10(19)20-2)16-6-9(11(12,13)14)17(7-16)18-5-3-4-15-18/h3-6,8H,7H2,1-2H3/t8-/m0/s1. The second kappa shape index (κ2) is 5.06. The molecule has 0 amide bonds. The fourth-order valence-corrected chi connectivity index (χ4v) is 1.83. The number of carbonyl (C=O) groups excluding carboxylic acids is 1. The first kappa shape index (κ1) is 14.2. The summed E-state index contributed by atoms with van der Waals surface area (Å²) in [6.45, 7) is 1.33. The molecule has 6 nitrogen and oxygen atoms in total. The molecular weight excluding hydrogens is 277 g/mol. The molecule has 0 fully saturated rings. The van der Waals surface area contributed by atoms with Crippen LogP contribution in [0.1, 0.15) is 6.92 Å². The molecule has 0 bridgehead atoms. The number of ether oxygens (including phenoxy) is 1. The number of rotatable bonds is 3. The molecule has 0 aromatic carbocycles. The fourth-order valence-electron chi connectivity index (χ4n) is 1.83. The second-order valence-corrected chi connectivity index (χ2v) is 4.19. The largest absolute Gasteiger partial charge is 0.467 e. The van der Waals surface area contributed by atoms with Crippen LogP contribution in [0, 0.1) is 0 Å².